The summed E-state index contributed by atoms with van der Waals surface area (Å²) in [7, 11) is 1.10. The molecule has 0 saturated carbocycles. The number of carbonyl (C=O) groups is 1. The lowest BCUT2D eigenvalue weighted by molar-refractivity contribution is 0.0785. The van der Waals surface area contributed by atoms with Gasteiger partial charge in [-0.2, -0.15) is 4.31 Å². The third kappa shape index (κ3) is 5.36. The second-order valence-electron chi connectivity index (χ2n) is 7.75. The summed E-state index contributed by atoms with van der Waals surface area (Å²) in [5, 5.41) is 0. The Morgan fingerprint density at radius 2 is 1.56 bits per heavy atom. The highest BCUT2D eigenvalue weighted by atomic mass is 32.2. The van der Waals surface area contributed by atoms with Gasteiger partial charge in [-0.1, -0.05) is 48.0 Å². The Bertz CT molecular complexity index is 1180. The van der Waals surface area contributed by atoms with Gasteiger partial charge in [0.1, 0.15) is 5.75 Å². The Hall–Kier alpha value is -3.16. The Morgan fingerprint density at radius 3 is 2.19 bits per heavy atom. The fourth-order valence-electron chi connectivity index (χ4n) is 3.40. The minimum Gasteiger partial charge on any atom is -0.496 e. The van der Waals surface area contributed by atoms with Crippen molar-refractivity contribution in [3.8, 4) is 5.75 Å². The maximum Gasteiger partial charge on any atom is 0.253 e. The number of benzene rings is 3. The van der Waals surface area contributed by atoms with Crippen LogP contribution in [0.1, 0.15) is 27.0 Å². The highest BCUT2D eigenvalue weighted by Gasteiger charge is 2.23. The van der Waals surface area contributed by atoms with E-state index in [-0.39, 0.29) is 17.3 Å². The van der Waals surface area contributed by atoms with Crippen molar-refractivity contribution < 1.29 is 17.9 Å². The van der Waals surface area contributed by atoms with Gasteiger partial charge < -0.3 is 9.64 Å². The van der Waals surface area contributed by atoms with Crippen molar-refractivity contribution in [2.45, 2.75) is 24.9 Å². The summed E-state index contributed by atoms with van der Waals surface area (Å²) in [4.78, 5) is 14.8. The van der Waals surface area contributed by atoms with Gasteiger partial charge in [-0.3, -0.25) is 4.79 Å². The number of ether oxygens (including phenoxy) is 1. The molecule has 0 radical (unpaired) electrons. The number of methoxy groups -OCH3 is 1. The first-order chi connectivity index (χ1) is 15.2. The normalized spacial score (nSPS) is 11.4. The predicted octanol–water partition coefficient (Wildman–Crippen LogP) is 4.10. The molecule has 3 rings (SSSR count). The quantitative estimate of drug-likeness (QED) is 0.516. The molecular weight excluding hydrogens is 424 g/mol. The molecule has 0 aliphatic heterocycles. The van der Waals surface area contributed by atoms with E-state index in [2.05, 4.69) is 0 Å². The van der Waals surface area contributed by atoms with Gasteiger partial charge in [-0.05, 0) is 42.8 Å². The predicted molar refractivity (Wildman–Crippen MR) is 125 cm³/mol. The second kappa shape index (κ2) is 9.97. The second-order valence-corrected chi connectivity index (χ2v) is 9.79. The third-order valence-electron chi connectivity index (χ3n) is 5.26. The lowest BCUT2D eigenvalue weighted by Crippen LogP contribution is -2.28. The van der Waals surface area contributed by atoms with Crippen LogP contribution < -0.4 is 4.74 Å². The smallest absolute Gasteiger partial charge is 0.253 e. The number of sulfonamides is 1. The molecule has 0 aliphatic rings. The zero-order valence-electron chi connectivity index (χ0n) is 18.8. The molecule has 168 valence electrons. The maximum absolute atomic E-state index is 13.0. The van der Waals surface area contributed by atoms with Crippen molar-refractivity contribution in [1.29, 1.82) is 0 Å². The van der Waals surface area contributed by atoms with Gasteiger partial charge in [-0.15, -0.1) is 0 Å². The summed E-state index contributed by atoms with van der Waals surface area (Å²) in [5.41, 5.74) is 3.10. The van der Waals surface area contributed by atoms with Gasteiger partial charge in [0, 0.05) is 38.3 Å². The highest BCUT2D eigenvalue weighted by molar-refractivity contribution is 7.89. The van der Waals surface area contributed by atoms with E-state index in [1.54, 1.807) is 54.4 Å². The average Bonchev–Trinajstić information content (AvgIpc) is 2.79. The van der Waals surface area contributed by atoms with Crippen LogP contribution in [0.5, 0.6) is 5.75 Å². The zero-order chi connectivity index (χ0) is 23.3. The third-order valence-corrected chi connectivity index (χ3v) is 7.08. The van der Waals surface area contributed by atoms with Crippen molar-refractivity contribution in [3.63, 3.8) is 0 Å². The SMILES string of the molecule is COc1ccc(C(=O)N(C)Cc2ccccc2)cc1CN(C)S(=O)(=O)c1ccc(C)cc1. The van der Waals surface area contributed by atoms with Crippen molar-refractivity contribution in [2.75, 3.05) is 21.2 Å². The number of hydrogen-bond donors (Lipinski definition) is 0. The van der Waals surface area contributed by atoms with Crippen LogP contribution in [0.4, 0.5) is 0 Å². The number of amides is 1. The summed E-state index contributed by atoms with van der Waals surface area (Å²) in [6.07, 6.45) is 0. The molecule has 0 spiro atoms. The van der Waals surface area contributed by atoms with E-state index in [1.807, 2.05) is 37.3 Å². The Labute approximate surface area is 190 Å². The molecule has 7 heteroatoms. The lowest BCUT2D eigenvalue weighted by Gasteiger charge is -2.21. The van der Waals surface area contributed by atoms with Gasteiger partial charge in [0.05, 0.1) is 12.0 Å². The molecule has 6 nitrogen and oxygen atoms in total. The summed E-state index contributed by atoms with van der Waals surface area (Å²) in [5.74, 6) is 0.375. The van der Waals surface area contributed by atoms with E-state index in [0.717, 1.165) is 11.1 Å². The topological polar surface area (TPSA) is 66.9 Å². The molecule has 32 heavy (non-hydrogen) atoms. The number of aryl methyl sites for hydroxylation is 1. The lowest BCUT2D eigenvalue weighted by atomic mass is 10.1. The number of nitrogens with zero attached hydrogens (tertiary/aromatic N) is 2. The van der Waals surface area contributed by atoms with E-state index < -0.39 is 10.0 Å². The largest absolute Gasteiger partial charge is 0.496 e. The van der Waals surface area contributed by atoms with E-state index in [0.29, 0.717) is 23.4 Å². The highest BCUT2D eigenvalue weighted by Crippen LogP contribution is 2.25. The minimum absolute atomic E-state index is 0.0723. The van der Waals surface area contributed by atoms with E-state index >= 15 is 0 Å². The minimum atomic E-state index is -3.69. The molecule has 0 atom stereocenters. The Kier molecular flexibility index (Phi) is 7.33. The molecule has 0 N–H and O–H groups in total. The molecule has 0 bridgehead atoms. The summed E-state index contributed by atoms with van der Waals surface area (Å²) in [6.45, 7) is 2.45. The van der Waals surface area contributed by atoms with E-state index in [4.69, 9.17) is 4.74 Å². The van der Waals surface area contributed by atoms with E-state index in [1.165, 1.54) is 18.5 Å². The molecule has 0 aliphatic carbocycles. The first-order valence-electron chi connectivity index (χ1n) is 10.2. The van der Waals surface area contributed by atoms with Crippen LogP contribution in [-0.2, 0) is 23.1 Å². The van der Waals surface area contributed by atoms with Crippen molar-refractivity contribution in [3.05, 3.63) is 95.1 Å². The molecule has 0 heterocycles. The number of hydrogen-bond acceptors (Lipinski definition) is 4. The Balaban J connectivity index is 1.82. The number of rotatable bonds is 8. The summed E-state index contributed by atoms with van der Waals surface area (Å²) in [6, 6.07) is 21.5. The van der Waals surface area contributed by atoms with Crippen molar-refractivity contribution in [2.24, 2.45) is 0 Å². The van der Waals surface area contributed by atoms with Gasteiger partial charge in [0.2, 0.25) is 10.0 Å². The molecule has 3 aromatic rings. The fourth-order valence-corrected chi connectivity index (χ4v) is 4.55. The first kappa shape index (κ1) is 23.5. The summed E-state index contributed by atoms with van der Waals surface area (Å²) < 4.78 is 32.7. The van der Waals surface area contributed by atoms with Gasteiger partial charge in [0.15, 0.2) is 0 Å². The number of carbonyl (C=O) groups excluding carboxylic acids is 1. The van der Waals surface area contributed by atoms with Gasteiger partial charge in [0.25, 0.3) is 5.91 Å². The van der Waals surface area contributed by atoms with Crippen LogP contribution in [0.2, 0.25) is 0 Å². The molecule has 1 amide bonds. The van der Waals surface area contributed by atoms with Crippen LogP contribution in [0.25, 0.3) is 0 Å². The molecule has 3 aromatic carbocycles. The average molecular weight is 453 g/mol. The molecule has 0 aromatic heterocycles. The monoisotopic (exact) mass is 452 g/mol. The van der Waals surface area contributed by atoms with Crippen LogP contribution >= 0.6 is 0 Å². The maximum atomic E-state index is 13.0. The van der Waals surface area contributed by atoms with Crippen LogP contribution in [0.3, 0.4) is 0 Å². The molecular formula is C25H28N2O4S. The van der Waals surface area contributed by atoms with Crippen molar-refractivity contribution >= 4 is 15.9 Å². The van der Waals surface area contributed by atoms with Gasteiger partial charge in [-0.25, -0.2) is 8.42 Å². The first-order valence-corrected chi connectivity index (χ1v) is 11.7. The molecule has 0 saturated heterocycles. The zero-order valence-corrected chi connectivity index (χ0v) is 19.6. The van der Waals surface area contributed by atoms with Gasteiger partial charge >= 0.3 is 0 Å². The van der Waals surface area contributed by atoms with E-state index in [9.17, 15) is 13.2 Å². The standard InChI is InChI=1S/C25H28N2O4S/c1-19-10-13-23(14-11-19)32(29,30)27(3)18-22-16-21(12-15-24(22)31-4)25(28)26(2)17-20-8-6-5-7-9-20/h5-16H,17-18H2,1-4H3. The van der Waals surface area contributed by atoms with Crippen LogP contribution in [0, 0.1) is 6.92 Å². The van der Waals surface area contributed by atoms with Crippen molar-refractivity contribution in [1.82, 2.24) is 9.21 Å². The molecule has 0 unspecified atom stereocenters. The Morgan fingerprint density at radius 1 is 0.906 bits per heavy atom. The fraction of sp³-hybridized carbons (Fsp3) is 0.240. The summed E-state index contributed by atoms with van der Waals surface area (Å²) >= 11 is 0. The molecule has 0 fully saturated rings. The van der Waals surface area contributed by atoms with Crippen LogP contribution in [0.15, 0.2) is 77.7 Å². The van der Waals surface area contributed by atoms with Crippen LogP contribution in [-0.4, -0.2) is 44.7 Å².